The molecule has 1 aromatic carbocycles. The van der Waals surface area contributed by atoms with Gasteiger partial charge in [0.25, 0.3) is 5.91 Å². The number of nitrogens with zero attached hydrogens (tertiary/aromatic N) is 2. The molecule has 8 heteroatoms. The molecule has 0 saturated carbocycles. The highest BCUT2D eigenvalue weighted by Gasteiger charge is 2.34. The Morgan fingerprint density at radius 1 is 1.21 bits per heavy atom. The van der Waals surface area contributed by atoms with E-state index in [1.165, 1.54) is 28.3 Å². The molecule has 1 aliphatic rings. The predicted octanol–water partition coefficient (Wildman–Crippen LogP) is 5.39. The summed E-state index contributed by atoms with van der Waals surface area (Å²) < 4.78 is 19.5. The first-order valence-corrected chi connectivity index (χ1v) is 12.8. The fraction of sp³-hybridized carbons (Fsp3) is 0.360. The molecular weight excluding hydrogens is 459 g/mol. The van der Waals surface area contributed by atoms with Gasteiger partial charge >= 0.3 is 0 Å². The van der Waals surface area contributed by atoms with Crippen molar-refractivity contribution in [3.63, 3.8) is 0 Å². The highest BCUT2D eigenvalue weighted by atomic mass is 32.1. The Labute approximate surface area is 201 Å². The van der Waals surface area contributed by atoms with Gasteiger partial charge in [-0.2, -0.15) is 0 Å². The predicted molar refractivity (Wildman–Crippen MR) is 129 cm³/mol. The Hall–Kier alpha value is -2.71. The zero-order valence-corrected chi connectivity index (χ0v) is 20.3. The van der Waals surface area contributed by atoms with Gasteiger partial charge in [0.05, 0.1) is 10.9 Å². The van der Waals surface area contributed by atoms with Crippen LogP contribution < -0.4 is 4.74 Å². The Bertz CT molecular complexity index is 1100. The van der Waals surface area contributed by atoms with Crippen LogP contribution in [0.25, 0.3) is 0 Å². The molecular formula is C25H27FN2O3S2. The van der Waals surface area contributed by atoms with E-state index in [9.17, 15) is 14.0 Å². The van der Waals surface area contributed by atoms with Crippen LogP contribution in [0.5, 0.6) is 5.75 Å². The van der Waals surface area contributed by atoms with Crippen LogP contribution in [-0.4, -0.2) is 47.4 Å². The summed E-state index contributed by atoms with van der Waals surface area (Å²) in [5.41, 5.74) is 1.07. The Kier molecular flexibility index (Phi) is 7.45. The number of hydrogen-bond acceptors (Lipinski definition) is 5. The van der Waals surface area contributed by atoms with Crippen LogP contribution in [-0.2, 0) is 11.2 Å². The fourth-order valence-corrected chi connectivity index (χ4v) is 5.64. The number of carbonyl (C=O) groups excluding carboxylic acids is 2. The maximum atomic E-state index is 13.6. The van der Waals surface area contributed by atoms with E-state index in [1.807, 2.05) is 41.6 Å². The van der Waals surface area contributed by atoms with Crippen molar-refractivity contribution in [3.8, 4) is 5.75 Å². The van der Waals surface area contributed by atoms with Crippen molar-refractivity contribution in [3.05, 3.63) is 74.4 Å². The number of halogens is 1. The molecule has 0 unspecified atom stereocenters. The van der Waals surface area contributed by atoms with Crippen LogP contribution in [0, 0.1) is 5.82 Å². The van der Waals surface area contributed by atoms with Crippen LogP contribution >= 0.6 is 22.7 Å². The van der Waals surface area contributed by atoms with E-state index in [2.05, 4.69) is 0 Å². The lowest BCUT2D eigenvalue weighted by molar-refractivity contribution is -0.136. The van der Waals surface area contributed by atoms with Crippen molar-refractivity contribution in [1.29, 1.82) is 0 Å². The van der Waals surface area contributed by atoms with Crippen LogP contribution in [0.1, 0.15) is 46.4 Å². The van der Waals surface area contributed by atoms with E-state index < -0.39 is 0 Å². The SMILES string of the molecule is CC[C@H](C)N(CC(=O)N1CCc2sccc2[C@H]1COc1cccc(F)c1)C(=O)c1cccs1. The third-order valence-electron chi connectivity index (χ3n) is 6.04. The fourth-order valence-electron chi connectivity index (χ4n) is 4.03. The molecule has 3 aromatic rings. The van der Waals surface area contributed by atoms with Crippen molar-refractivity contribution in [2.75, 3.05) is 19.7 Å². The smallest absolute Gasteiger partial charge is 0.264 e. The zero-order valence-electron chi connectivity index (χ0n) is 18.7. The first-order chi connectivity index (χ1) is 16.0. The van der Waals surface area contributed by atoms with Crippen molar-refractivity contribution < 1.29 is 18.7 Å². The van der Waals surface area contributed by atoms with Gasteiger partial charge in [-0.25, -0.2) is 4.39 Å². The van der Waals surface area contributed by atoms with Gasteiger partial charge in [-0.15, -0.1) is 22.7 Å². The molecule has 5 nitrogen and oxygen atoms in total. The number of ether oxygens (including phenoxy) is 1. The Morgan fingerprint density at radius 2 is 2.06 bits per heavy atom. The number of fused-ring (bicyclic) bond motifs is 1. The van der Waals surface area contributed by atoms with Gasteiger partial charge in [0, 0.05) is 23.5 Å². The lowest BCUT2D eigenvalue weighted by Crippen LogP contribution is -2.49. The van der Waals surface area contributed by atoms with Gasteiger partial charge in [0.15, 0.2) is 0 Å². The summed E-state index contributed by atoms with van der Waals surface area (Å²) in [6.45, 7) is 4.78. The van der Waals surface area contributed by atoms with Gasteiger partial charge in [-0.1, -0.05) is 19.1 Å². The topological polar surface area (TPSA) is 49.9 Å². The molecule has 174 valence electrons. The molecule has 0 radical (unpaired) electrons. The van der Waals surface area contributed by atoms with Gasteiger partial charge < -0.3 is 14.5 Å². The molecule has 33 heavy (non-hydrogen) atoms. The molecule has 4 rings (SSSR count). The van der Waals surface area contributed by atoms with Crippen molar-refractivity contribution in [2.45, 2.75) is 38.8 Å². The van der Waals surface area contributed by atoms with Crippen LogP contribution in [0.2, 0.25) is 0 Å². The van der Waals surface area contributed by atoms with Crippen LogP contribution in [0.4, 0.5) is 4.39 Å². The van der Waals surface area contributed by atoms with E-state index in [4.69, 9.17) is 4.74 Å². The number of benzene rings is 1. The van der Waals surface area contributed by atoms with Crippen LogP contribution in [0.15, 0.2) is 53.2 Å². The van der Waals surface area contributed by atoms with Crippen molar-refractivity contribution >= 4 is 34.5 Å². The van der Waals surface area contributed by atoms with Gasteiger partial charge in [-0.05, 0) is 60.4 Å². The van der Waals surface area contributed by atoms with Crippen molar-refractivity contribution in [2.24, 2.45) is 0 Å². The Balaban J connectivity index is 1.54. The lowest BCUT2D eigenvalue weighted by Gasteiger charge is -2.38. The number of carbonyl (C=O) groups is 2. The van der Waals surface area contributed by atoms with E-state index >= 15 is 0 Å². The lowest BCUT2D eigenvalue weighted by atomic mass is 10.00. The summed E-state index contributed by atoms with van der Waals surface area (Å²) in [6.07, 6.45) is 1.53. The molecule has 0 saturated heterocycles. The molecule has 0 aliphatic carbocycles. The molecule has 0 N–H and O–H groups in total. The van der Waals surface area contributed by atoms with Crippen molar-refractivity contribution in [1.82, 2.24) is 9.80 Å². The second kappa shape index (κ2) is 10.5. The monoisotopic (exact) mass is 486 g/mol. The van der Waals surface area contributed by atoms with Gasteiger partial charge in [-0.3, -0.25) is 9.59 Å². The second-order valence-corrected chi connectivity index (χ2v) is 10.0. The first-order valence-electron chi connectivity index (χ1n) is 11.1. The zero-order chi connectivity index (χ0) is 23.4. The summed E-state index contributed by atoms with van der Waals surface area (Å²) in [7, 11) is 0. The molecule has 2 aromatic heterocycles. The average molecular weight is 487 g/mol. The minimum absolute atomic E-state index is 0.0156. The number of thiophene rings is 2. The maximum absolute atomic E-state index is 13.6. The molecule has 3 heterocycles. The maximum Gasteiger partial charge on any atom is 0.264 e. The normalized spacial score (nSPS) is 16.2. The number of rotatable bonds is 8. The summed E-state index contributed by atoms with van der Waals surface area (Å²) in [6, 6.07) is 11.3. The molecule has 2 atom stereocenters. The summed E-state index contributed by atoms with van der Waals surface area (Å²) >= 11 is 3.06. The second-order valence-electron chi connectivity index (χ2n) is 8.09. The van der Waals surface area contributed by atoms with E-state index in [1.54, 1.807) is 34.4 Å². The largest absolute Gasteiger partial charge is 0.491 e. The molecule has 1 aliphatic heterocycles. The summed E-state index contributed by atoms with van der Waals surface area (Å²) in [4.78, 5) is 32.0. The van der Waals surface area contributed by atoms with E-state index in [0.29, 0.717) is 17.2 Å². The molecule has 0 bridgehead atoms. The Morgan fingerprint density at radius 3 is 2.79 bits per heavy atom. The van der Waals surface area contributed by atoms with Gasteiger partial charge in [0.1, 0.15) is 24.7 Å². The van der Waals surface area contributed by atoms with Gasteiger partial charge in [0.2, 0.25) is 5.91 Å². The minimum atomic E-state index is -0.364. The third kappa shape index (κ3) is 5.28. The third-order valence-corrected chi connectivity index (χ3v) is 7.89. The average Bonchev–Trinajstić information content (AvgIpc) is 3.52. The molecule has 0 spiro atoms. The molecule has 0 fully saturated rings. The highest BCUT2D eigenvalue weighted by molar-refractivity contribution is 7.12. The summed E-state index contributed by atoms with van der Waals surface area (Å²) in [5.74, 6) is -0.158. The number of hydrogen-bond donors (Lipinski definition) is 0. The standard InChI is InChI=1S/C25H27FN2O3S2/c1-3-17(2)28(25(30)23-8-5-12-32-23)15-24(29)27-11-9-22-20(10-13-33-22)21(27)16-31-19-7-4-6-18(26)14-19/h4-8,10,12-14,17,21H,3,9,11,15-16H2,1-2H3/t17-,21+/m0/s1. The first kappa shape index (κ1) is 23.4. The minimum Gasteiger partial charge on any atom is -0.491 e. The van der Waals surface area contributed by atoms with E-state index in [0.717, 1.165) is 18.4 Å². The van der Waals surface area contributed by atoms with E-state index in [-0.39, 0.29) is 42.9 Å². The van der Waals surface area contributed by atoms with Crippen LogP contribution in [0.3, 0.4) is 0 Å². The number of amides is 2. The highest BCUT2D eigenvalue weighted by Crippen LogP contribution is 2.34. The summed E-state index contributed by atoms with van der Waals surface area (Å²) in [5, 5.41) is 3.89. The molecule has 2 amide bonds. The quantitative estimate of drug-likeness (QED) is 0.429.